The maximum Gasteiger partial charge on any atom is 0.123 e. The number of methoxy groups -OCH3 is 1. The molecule has 21 heavy (non-hydrogen) atoms. The third kappa shape index (κ3) is 4.78. The molecule has 114 valence electrons. The van der Waals surface area contributed by atoms with E-state index in [2.05, 4.69) is 30.1 Å². The molecule has 1 aromatic carbocycles. The summed E-state index contributed by atoms with van der Waals surface area (Å²) in [5, 5.41) is 3.02. The van der Waals surface area contributed by atoms with Gasteiger partial charge in [-0.2, -0.15) is 0 Å². The van der Waals surface area contributed by atoms with E-state index in [0.29, 0.717) is 12.5 Å². The van der Waals surface area contributed by atoms with Crippen molar-refractivity contribution < 1.29 is 9.47 Å². The summed E-state index contributed by atoms with van der Waals surface area (Å²) in [6.07, 6.45) is 0.925. The topological polar surface area (TPSA) is 31.4 Å². The highest BCUT2D eigenvalue weighted by Gasteiger charge is 2.06. The van der Waals surface area contributed by atoms with Crippen LogP contribution in [-0.2, 0) is 22.0 Å². The number of thiazole rings is 1. The number of aromatic nitrogens is 1. The number of ether oxygens (including phenoxy) is 2. The monoisotopic (exact) mass is 325 g/mol. The van der Waals surface area contributed by atoms with E-state index >= 15 is 0 Å². The Morgan fingerprint density at radius 2 is 2.14 bits per heavy atom. The normalized spacial score (nSPS) is 11.0. The molecule has 0 saturated heterocycles. The van der Waals surface area contributed by atoms with Crippen molar-refractivity contribution in [3.05, 3.63) is 40.4 Å². The van der Waals surface area contributed by atoms with Crippen LogP contribution in [0.15, 0.2) is 23.6 Å². The molecular formula is C16H20ClNO2S. The zero-order valence-electron chi connectivity index (χ0n) is 12.4. The molecule has 0 atom stereocenters. The number of nitrogens with zero attached hydrogens (tertiary/aromatic N) is 1. The van der Waals surface area contributed by atoms with E-state index in [4.69, 9.17) is 21.1 Å². The molecule has 0 amide bonds. The maximum atomic E-state index is 5.80. The van der Waals surface area contributed by atoms with Gasteiger partial charge in [0.25, 0.3) is 0 Å². The van der Waals surface area contributed by atoms with E-state index in [-0.39, 0.29) is 0 Å². The van der Waals surface area contributed by atoms with Gasteiger partial charge < -0.3 is 9.47 Å². The highest BCUT2D eigenvalue weighted by Crippen LogP contribution is 2.26. The zero-order valence-corrected chi connectivity index (χ0v) is 14.0. The van der Waals surface area contributed by atoms with Gasteiger partial charge in [-0.05, 0) is 30.5 Å². The number of halogens is 1. The van der Waals surface area contributed by atoms with Crippen LogP contribution >= 0.6 is 22.9 Å². The fourth-order valence-corrected chi connectivity index (χ4v) is 3.02. The Labute approximate surface area is 134 Å². The molecule has 0 fully saturated rings. The minimum absolute atomic E-state index is 0.461. The van der Waals surface area contributed by atoms with Gasteiger partial charge in [-0.25, -0.2) is 4.98 Å². The molecule has 0 radical (unpaired) electrons. The van der Waals surface area contributed by atoms with Crippen LogP contribution in [0, 0.1) is 6.92 Å². The Morgan fingerprint density at radius 1 is 1.29 bits per heavy atom. The largest absolute Gasteiger partial charge is 0.385 e. The van der Waals surface area contributed by atoms with Gasteiger partial charge in [-0.1, -0.05) is 12.1 Å². The van der Waals surface area contributed by atoms with Crippen LogP contribution in [0.1, 0.15) is 23.2 Å². The molecule has 0 aliphatic heterocycles. The third-order valence-electron chi connectivity index (χ3n) is 3.17. The third-order valence-corrected chi connectivity index (χ3v) is 4.39. The Bertz CT molecular complexity index is 571. The van der Waals surface area contributed by atoms with Crippen LogP contribution in [-0.4, -0.2) is 25.3 Å². The molecule has 0 aliphatic rings. The second kappa shape index (κ2) is 8.49. The van der Waals surface area contributed by atoms with Crippen LogP contribution in [0.3, 0.4) is 0 Å². The lowest BCUT2D eigenvalue weighted by Crippen LogP contribution is -2.00. The maximum absolute atomic E-state index is 5.80. The molecular weight excluding hydrogens is 306 g/mol. The first-order valence-corrected chi connectivity index (χ1v) is 8.33. The molecule has 0 unspecified atom stereocenters. The van der Waals surface area contributed by atoms with Crippen molar-refractivity contribution in [3.8, 4) is 10.6 Å². The Morgan fingerprint density at radius 3 is 2.81 bits per heavy atom. The van der Waals surface area contributed by atoms with Crippen LogP contribution in [0.5, 0.6) is 0 Å². The minimum Gasteiger partial charge on any atom is -0.385 e. The second-order valence-electron chi connectivity index (χ2n) is 4.82. The smallest absolute Gasteiger partial charge is 0.123 e. The van der Waals surface area contributed by atoms with Crippen molar-refractivity contribution in [3.63, 3.8) is 0 Å². The average molecular weight is 326 g/mol. The molecule has 5 heteroatoms. The van der Waals surface area contributed by atoms with Gasteiger partial charge in [0.2, 0.25) is 0 Å². The highest BCUT2D eigenvalue weighted by atomic mass is 35.5. The van der Waals surface area contributed by atoms with Crippen molar-refractivity contribution in [2.24, 2.45) is 0 Å². The van der Waals surface area contributed by atoms with E-state index in [1.54, 1.807) is 18.4 Å². The first-order chi connectivity index (χ1) is 10.2. The molecule has 0 aliphatic carbocycles. The fourth-order valence-electron chi connectivity index (χ4n) is 1.98. The van der Waals surface area contributed by atoms with Crippen molar-refractivity contribution in [2.45, 2.75) is 25.8 Å². The van der Waals surface area contributed by atoms with E-state index in [0.717, 1.165) is 35.9 Å². The summed E-state index contributed by atoms with van der Waals surface area (Å²) in [5.41, 5.74) is 4.50. The van der Waals surface area contributed by atoms with Gasteiger partial charge in [-0.15, -0.1) is 22.9 Å². The molecule has 0 saturated carbocycles. The lowest BCUT2D eigenvalue weighted by atomic mass is 10.1. The van der Waals surface area contributed by atoms with Gasteiger partial charge in [-0.3, -0.25) is 0 Å². The number of rotatable bonds is 8. The standard InChI is InChI=1S/C16H20ClNO2S/c1-12-8-13(16-18-15(9-17)11-21-16)4-5-14(12)10-20-7-3-6-19-2/h4-5,8,11H,3,6-7,9-10H2,1-2H3. The number of hydrogen-bond acceptors (Lipinski definition) is 4. The van der Waals surface area contributed by atoms with E-state index < -0.39 is 0 Å². The summed E-state index contributed by atoms with van der Waals surface area (Å²) in [6.45, 7) is 4.21. The molecule has 1 heterocycles. The molecule has 2 aromatic rings. The quantitative estimate of drug-likeness (QED) is 0.532. The highest BCUT2D eigenvalue weighted by molar-refractivity contribution is 7.13. The summed E-state index contributed by atoms with van der Waals surface area (Å²) in [4.78, 5) is 4.51. The van der Waals surface area contributed by atoms with Gasteiger partial charge in [0, 0.05) is 31.3 Å². The SMILES string of the molecule is COCCCOCc1ccc(-c2nc(CCl)cs2)cc1C. The van der Waals surface area contributed by atoms with Crippen LogP contribution in [0.2, 0.25) is 0 Å². The minimum atomic E-state index is 0.461. The molecule has 2 rings (SSSR count). The van der Waals surface area contributed by atoms with E-state index in [1.165, 1.54) is 11.1 Å². The Balaban J connectivity index is 1.97. The zero-order chi connectivity index (χ0) is 15.1. The molecule has 3 nitrogen and oxygen atoms in total. The van der Waals surface area contributed by atoms with Crippen LogP contribution < -0.4 is 0 Å². The van der Waals surface area contributed by atoms with Crippen LogP contribution in [0.25, 0.3) is 10.6 Å². The van der Waals surface area contributed by atoms with Gasteiger partial charge >= 0.3 is 0 Å². The second-order valence-corrected chi connectivity index (χ2v) is 5.94. The predicted molar refractivity (Wildman–Crippen MR) is 88.0 cm³/mol. The Hall–Kier alpha value is -0.940. The number of alkyl halides is 1. The summed E-state index contributed by atoms with van der Waals surface area (Å²) in [5.74, 6) is 0.461. The van der Waals surface area contributed by atoms with Crippen molar-refractivity contribution in [1.29, 1.82) is 0 Å². The van der Waals surface area contributed by atoms with Gasteiger partial charge in [0.05, 0.1) is 18.2 Å². The van der Waals surface area contributed by atoms with Gasteiger partial charge in [0.1, 0.15) is 5.01 Å². The lowest BCUT2D eigenvalue weighted by Gasteiger charge is -2.08. The van der Waals surface area contributed by atoms with Gasteiger partial charge in [0.15, 0.2) is 0 Å². The first kappa shape index (κ1) is 16.4. The van der Waals surface area contributed by atoms with Crippen LogP contribution in [0.4, 0.5) is 0 Å². The summed E-state index contributed by atoms with van der Waals surface area (Å²) >= 11 is 7.42. The number of aryl methyl sites for hydroxylation is 1. The summed E-state index contributed by atoms with van der Waals surface area (Å²) in [7, 11) is 1.71. The molecule has 0 bridgehead atoms. The molecule has 0 spiro atoms. The molecule has 0 N–H and O–H groups in total. The average Bonchev–Trinajstić information content (AvgIpc) is 2.97. The van der Waals surface area contributed by atoms with Crippen molar-refractivity contribution in [2.75, 3.05) is 20.3 Å². The predicted octanol–water partition coefficient (Wildman–Crippen LogP) is 4.41. The van der Waals surface area contributed by atoms with E-state index in [9.17, 15) is 0 Å². The fraction of sp³-hybridized carbons (Fsp3) is 0.438. The lowest BCUT2D eigenvalue weighted by molar-refractivity contribution is 0.0926. The summed E-state index contributed by atoms with van der Waals surface area (Å²) < 4.78 is 10.7. The van der Waals surface area contributed by atoms with Crippen molar-refractivity contribution >= 4 is 22.9 Å². The Kier molecular flexibility index (Phi) is 6.64. The number of hydrogen-bond donors (Lipinski definition) is 0. The summed E-state index contributed by atoms with van der Waals surface area (Å²) in [6, 6.07) is 6.37. The molecule has 1 aromatic heterocycles. The number of benzene rings is 1. The van der Waals surface area contributed by atoms with Crippen molar-refractivity contribution in [1.82, 2.24) is 4.98 Å². The van der Waals surface area contributed by atoms with E-state index in [1.807, 2.05) is 5.38 Å². The first-order valence-electron chi connectivity index (χ1n) is 6.91.